The van der Waals surface area contributed by atoms with Gasteiger partial charge in [0.1, 0.15) is 5.69 Å². The minimum absolute atomic E-state index is 0.0354. The lowest BCUT2D eigenvalue weighted by Crippen LogP contribution is -2.54. The fourth-order valence-corrected chi connectivity index (χ4v) is 5.72. The van der Waals surface area contributed by atoms with Gasteiger partial charge in [0.25, 0.3) is 5.91 Å². The number of carbonyl (C=O) groups is 3. The van der Waals surface area contributed by atoms with E-state index in [1.165, 1.54) is 0 Å². The van der Waals surface area contributed by atoms with E-state index in [-0.39, 0.29) is 30.2 Å². The molecule has 220 valence electrons. The maximum Gasteiger partial charge on any atom is 0.274 e. The first-order chi connectivity index (χ1) is 20.9. The molecule has 0 unspecified atom stereocenters. The Labute approximate surface area is 250 Å². The van der Waals surface area contributed by atoms with Gasteiger partial charge in [0.05, 0.1) is 31.7 Å². The number of amides is 2. The van der Waals surface area contributed by atoms with Crippen LogP contribution < -0.4 is 10.6 Å². The maximum atomic E-state index is 13.4. The molecule has 2 amide bonds. The summed E-state index contributed by atoms with van der Waals surface area (Å²) in [5.41, 5.74) is 5.78. The summed E-state index contributed by atoms with van der Waals surface area (Å²) in [4.78, 5) is 50.0. The quantitative estimate of drug-likeness (QED) is 0.313. The third-order valence-electron chi connectivity index (χ3n) is 7.79. The number of piperidine rings is 1. The van der Waals surface area contributed by atoms with Gasteiger partial charge in [0.2, 0.25) is 5.91 Å². The Morgan fingerprint density at radius 1 is 0.977 bits per heavy atom. The summed E-state index contributed by atoms with van der Waals surface area (Å²) in [6, 6.07) is 19.7. The highest BCUT2D eigenvalue weighted by Crippen LogP contribution is 2.24. The van der Waals surface area contributed by atoms with Crippen LogP contribution in [0.2, 0.25) is 0 Å². The van der Waals surface area contributed by atoms with E-state index in [1.54, 1.807) is 18.6 Å². The lowest BCUT2D eigenvalue weighted by molar-refractivity contribution is -0.132. The van der Waals surface area contributed by atoms with E-state index in [0.29, 0.717) is 31.0 Å². The first-order valence-corrected chi connectivity index (χ1v) is 14.6. The van der Waals surface area contributed by atoms with Crippen LogP contribution in [0.25, 0.3) is 16.8 Å². The monoisotopic (exact) mass is 577 g/mol. The first kappa shape index (κ1) is 28.4. The van der Waals surface area contributed by atoms with Crippen molar-refractivity contribution in [1.29, 1.82) is 0 Å². The lowest BCUT2D eigenvalue weighted by atomic mass is 10.0. The second-order valence-corrected chi connectivity index (χ2v) is 11.4. The fourth-order valence-electron chi connectivity index (χ4n) is 5.72. The lowest BCUT2D eigenvalue weighted by Gasteiger charge is -2.34. The molecular weight excluding hydrogens is 542 g/mol. The summed E-state index contributed by atoms with van der Waals surface area (Å²) in [7, 11) is 0. The molecule has 2 fully saturated rings. The van der Waals surface area contributed by atoms with E-state index < -0.39 is 0 Å². The molecule has 2 saturated heterocycles. The van der Waals surface area contributed by atoms with Crippen molar-refractivity contribution in [2.45, 2.75) is 32.4 Å². The van der Waals surface area contributed by atoms with Gasteiger partial charge in [-0.2, -0.15) is 0 Å². The molecule has 0 aliphatic carbocycles. The number of benzene rings is 2. The predicted octanol–water partition coefficient (Wildman–Crippen LogP) is 3.46. The number of likely N-dealkylation sites (tertiary alicyclic amines) is 2. The van der Waals surface area contributed by atoms with Crippen LogP contribution in [0.15, 0.2) is 79.4 Å². The Kier molecular flexibility index (Phi) is 8.39. The molecule has 6 rings (SSSR count). The Bertz CT molecular complexity index is 1630. The van der Waals surface area contributed by atoms with Crippen molar-refractivity contribution in [1.82, 2.24) is 29.7 Å². The number of hydrogen-bond donors (Lipinski definition) is 2. The molecule has 4 aromatic rings. The third-order valence-corrected chi connectivity index (χ3v) is 7.79. The third kappa shape index (κ3) is 7.22. The summed E-state index contributed by atoms with van der Waals surface area (Å²) in [6.07, 6.45) is 7.27. The van der Waals surface area contributed by atoms with Crippen LogP contribution in [0, 0.1) is 6.92 Å². The summed E-state index contributed by atoms with van der Waals surface area (Å²) in [5, 5.41) is 6.21. The zero-order chi connectivity index (χ0) is 29.8. The summed E-state index contributed by atoms with van der Waals surface area (Å²) >= 11 is 0. The minimum atomic E-state index is -0.285. The van der Waals surface area contributed by atoms with Crippen LogP contribution in [-0.4, -0.2) is 80.7 Å². The number of hydrogen-bond acceptors (Lipinski definition) is 7. The average Bonchev–Trinajstić information content (AvgIpc) is 3.43. The van der Waals surface area contributed by atoms with Crippen molar-refractivity contribution in [3.05, 3.63) is 96.3 Å². The van der Waals surface area contributed by atoms with Crippen molar-refractivity contribution >= 4 is 23.3 Å². The molecule has 2 N–H and O–H groups in total. The van der Waals surface area contributed by atoms with Crippen molar-refractivity contribution in [2.75, 3.05) is 38.0 Å². The van der Waals surface area contributed by atoms with Crippen LogP contribution in [0.4, 0.5) is 5.69 Å². The molecule has 0 bridgehead atoms. The normalized spacial score (nSPS) is 17.3. The van der Waals surface area contributed by atoms with Crippen LogP contribution in [0.5, 0.6) is 0 Å². The van der Waals surface area contributed by atoms with E-state index >= 15 is 0 Å². The molecule has 0 spiro atoms. The second-order valence-electron chi connectivity index (χ2n) is 11.4. The van der Waals surface area contributed by atoms with Crippen molar-refractivity contribution in [3.63, 3.8) is 0 Å². The molecule has 1 atom stereocenters. The number of aromatic nitrogens is 3. The summed E-state index contributed by atoms with van der Waals surface area (Å²) in [6.45, 7) is 5.25. The van der Waals surface area contributed by atoms with E-state index in [9.17, 15) is 14.4 Å². The van der Waals surface area contributed by atoms with Crippen LogP contribution in [-0.2, 0) is 16.1 Å². The highest BCUT2D eigenvalue weighted by atomic mass is 16.2. The van der Waals surface area contributed by atoms with Gasteiger partial charge in [-0.1, -0.05) is 30.3 Å². The van der Waals surface area contributed by atoms with Crippen LogP contribution in [0.3, 0.4) is 0 Å². The van der Waals surface area contributed by atoms with Crippen molar-refractivity contribution in [3.8, 4) is 16.8 Å². The fraction of sp³-hybridized carbons (Fsp3) is 0.303. The summed E-state index contributed by atoms with van der Waals surface area (Å²) < 4.78 is 1.95. The van der Waals surface area contributed by atoms with Crippen molar-refractivity contribution in [2.24, 2.45) is 0 Å². The number of ketones is 1. The minimum Gasteiger partial charge on any atom is -0.351 e. The number of aryl methyl sites for hydroxylation is 1. The number of imidazole rings is 1. The Hall–Kier alpha value is -4.67. The van der Waals surface area contributed by atoms with Gasteiger partial charge in [0.15, 0.2) is 5.78 Å². The number of nitrogens with one attached hydrogen (secondary N) is 2. The number of rotatable bonds is 9. The van der Waals surface area contributed by atoms with Gasteiger partial charge < -0.3 is 15.2 Å². The molecule has 43 heavy (non-hydrogen) atoms. The molecule has 4 heterocycles. The number of anilines is 1. The smallest absolute Gasteiger partial charge is 0.274 e. The molecule has 2 aliphatic rings. The average molecular weight is 578 g/mol. The highest BCUT2D eigenvalue weighted by molar-refractivity contribution is 6.03. The SMILES string of the molecule is Cc1cn(-c2cc(CN3CCC[C@H](NC(=O)CN4CC(=O)C4)C3)cc(NC(=O)c3cc(-c4ccccc4)ccn3)c2)cn1. The zero-order valence-electron chi connectivity index (χ0n) is 24.2. The highest BCUT2D eigenvalue weighted by Gasteiger charge is 2.27. The van der Waals surface area contributed by atoms with Gasteiger partial charge >= 0.3 is 0 Å². The predicted molar refractivity (Wildman–Crippen MR) is 164 cm³/mol. The Morgan fingerprint density at radius 3 is 2.58 bits per heavy atom. The second kappa shape index (κ2) is 12.7. The molecule has 10 heteroatoms. The maximum absolute atomic E-state index is 13.4. The van der Waals surface area contributed by atoms with Crippen LogP contribution >= 0.6 is 0 Å². The summed E-state index contributed by atoms with van der Waals surface area (Å²) in [5.74, 6) is -0.142. The topological polar surface area (TPSA) is 112 Å². The van der Waals surface area contributed by atoms with E-state index in [0.717, 1.165) is 54.0 Å². The van der Waals surface area contributed by atoms with Gasteiger partial charge in [-0.15, -0.1) is 0 Å². The Morgan fingerprint density at radius 2 is 1.81 bits per heavy atom. The number of carbonyl (C=O) groups excluding carboxylic acids is 3. The van der Waals surface area contributed by atoms with Crippen LogP contribution in [0.1, 0.15) is 34.6 Å². The molecule has 2 aromatic carbocycles. The van der Waals surface area contributed by atoms with Crippen molar-refractivity contribution < 1.29 is 14.4 Å². The number of pyridine rings is 1. The molecule has 0 saturated carbocycles. The first-order valence-electron chi connectivity index (χ1n) is 14.6. The van der Waals surface area contributed by atoms with Gasteiger partial charge in [-0.25, -0.2) is 4.98 Å². The Balaban J connectivity index is 1.17. The zero-order valence-corrected chi connectivity index (χ0v) is 24.2. The van der Waals surface area contributed by atoms with Gasteiger partial charge in [0, 0.05) is 42.9 Å². The molecule has 2 aromatic heterocycles. The largest absolute Gasteiger partial charge is 0.351 e. The van der Waals surface area contributed by atoms with E-state index in [4.69, 9.17) is 0 Å². The van der Waals surface area contributed by atoms with Gasteiger partial charge in [-0.05, 0) is 73.3 Å². The van der Waals surface area contributed by atoms with Gasteiger partial charge in [-0.3, -0.25) is 29.2 Å². The van der Waals surface area contributed by atoms with E-state index in [2.05, 4.69) is 31.6 Å². The number of nitrogens with zero attached hydrogens (tertiary/aromatic N) is 5. The molecular formula is C33H35N7O3. The van der Waals surface area contributed by atoms with E-state index in [1.807, 2.05) is 71.1 Å². The molecule has 10 nitrogen and oxygen atoms in total. The standard InChI is InChI=1S/C33H35N7O3/c1-23-16-40(22-35-23)29-13-24(17-38-11-5-8-27(18-38)36-32(42)21-39-19-30(41)20-39)12-28(15-29)37-33(43)31-14-26(9-10-34-31)25-6-3-2-4-7-25/h2-4,6-7,9-10,12-16,22,27H,5,8,11,17-21H2,1H3,(H,36,42)(H,37,43)/t27-/m0/s1. The number of Topliss-reactive ketones (excluding diaryl/α,β-unsaturated/α-hetero) is 1. The molecule has 2 aliphatic heterocycles. The molecule has 0 radical (unpaired) electrons.